The molecule has 2 nitrogen and oxygen atoms in total. The Balaban J connectivity index is 2.50. The smallest absolute Gasteiger partial charge is 0.251 e. The summed E-state index contributed by atoms with van der Waals surface area (Å²) in [5.41, 5.74) is 0.704. The van der Waals surface area contributed by atoms with Crippen LogP contribution in [0.2, 0.25) is 0 Å². The summed E-state index contributed by atoms with van der Waals surface area (Å²) in [6, 6.07) is 9.20. The third-order valence-electron chi connectivity index (χ3n) is 1.58. The number of benzene rings is 1. The standard InChI is InChI=1S/C10H12BrNO/c1-8(11)7-12-10(13)9-5-3-2-4-6-9/h2-6,8H,7H2,1H3,(H,12,13). The van der Waals surface area contributed by atoms with Crippen molar-refractivity contribution in [3.05, 3.63) is 35.9 Å². The largest absolute Gasteiger partial charge is 0.351 e. The molecule has 0 aliphatic carbocycles. The minimum atomic E-state index is -0.0214. The molecular weight excluding hydrogens is 230 g/mol. The van der Waals surface area contributed by atoms with Gasteiger partial charge < -0.3 is 5.32 Å². The second-order valence-electron chi connectivity index (χ2n) is 2.86. The number of rotatable bonds is 3. The highest BCUT2D eigenvalue weighted by molar-refractivity contribution is 9.09. The van der Waals surface area contributed by atoms with Crippen molar-refractivity contribution in [2.75, 3.05) is 6.54 Å². The number of nitrogens with one attached hydrogen (secondary N) is 1. The molecule has 1 aromatic carbocycles. The van der Waals surface area contributed by atoms with Crippen molar-refractivity contribution in [2.45, 2.75) is 11.8 Å². The van der Waals surface area contributed by atoms with E-state index in [0.29, 0.717) is 16.9 Å². The molecule has 1 amide bonds. The lowest BCUT2D eigenvalue weighted by molar-refractivity contribution is 0.0954. The minimum Gasteiger partial charge on any atom is -0.351 e. The van der Waals surface area contributed by atoms with Gasteiger partial charge in [0.05, 0.1) is 0 Å². The molecule has 0 saturated heterocycles. The van der Waals surface area contributed by atoms with Gasteiger partial charge in [-0.25, -0.2) is 0 Å². The molecule has 0 bridgehead atoms. The van der Waals surface area contributed by atoms with Crippen molar-refractivity contribution in [1.82, 2.24) is 5.32 Å². The Morgan fingerprint density at radius 2 is 2.08 bits per heavy atom. The number of hydrogen-bond donors (Lipinski definition) is 1. The predicted molar refractivity (Wildman–Crippen MR) is 57.2 cm³/mol. The summed E-state index contributed by atoms with van der Waals surface area (Å²) >= 11 is 3.36. The van der Waals surface area contributed by atoms with Crippen LogP contribution in [0.3, 0.4) is 0 Å². The molecule has 0 aliphatic heterocycles. The second kappa shape index (κ2) is 5.02. The summed E-state index contributed by atoms with van der Waals surface area (Å²) in [6.45, 7) is 2.64. The maximum absolute atomic E-state index is 11.4. The number of halogens is 1. The van der Waals surface area contributed by atoms with E-state index in [9.17, 15) is 4.79 Å². The second-order valence-corrected chi connectivity index (χ2v) is 4.42. The van der Waals surface area contributed by atoms with Gasteiger partial charge in [-0.05, 0) is 12.1 Å². The number of hydrogen-bond acceptors (Lipinski definition) is 1. The fraction of sp³-hybridized carbons (Fsp3) is 0.300. The van der Waals surface area contributed by atoms with Crippen LogP contribution in [-0.2, 0) is 0 Å². The molecule has 0 spiro atoms. The Morgan fingerprint density at radius 1 is 1.46 bits per heavy atom. The predicted octanol–water partition coefficient (Wildman–Crippen LogP) is 2.20. The van der Waals surface area contributed by atoms with E-state index in [0.717, 1.165) is 0 Å². The normalized spacial score (nSPS) is 12.2. The highest BCUT2D eigenvalue weighted by Crippen LogP contribution is 1.99. The van der Waals surface area contributed by atoms with E-state index < -0.39 is 0 Å². The molecule has 70 valence electrons. The first kappa shape index (κ1) is 10.3. The summed E-state index contributed by atoms with van der Waals surface area (Å²) in [5, 5.41) is 2.81. The molecule has 0 fully saturated rings. The zero-order valence-corrected chi connectivity index (χ0v) is 9.04. The van der Waals surface area contributed by atoms with Crippen LogP contribution < -0.4 is 5.32 Å². The zero-order valence-electron chi connectivity index (χ0n) is 7.46. The minimum absolute atomic E-state index is 0.0214. The average molecular weight is 242 g/mol. The summed E-state index contributed by atoms with van der Waals surface area (Å²) in [7, 11) is 0. The molecule has 0 saturated carbocycles. The maximum Gasteiger partial charge on any atom is 0.251 e. The van der Waals surface area contributed by atoms with E-state index in [4.69, 9.17) is 0 Å². The van der Waals surface area contributed by atoms with Gasteiger partial charge in [0.1, 0.15) is 0 Å². The number of alkyl halides is 1. The van der Waals surface area contributed by atoms with Crippen molar-refractivity contribution >= 4 is 21.8 Å². The lowest BCUT2D eigenvalue weighted by Crippen LogP contribution is -2.28. The van der Waals surface area contributed by atoms with Gasteiger partial charge in [0.2, 0.25) is 0 Å². The first-order chi connectivity index (χ1) is 6.20. The van der Waals surface area contributed by atoms with E-state index >= 15 is 0 Å². The van der Waals surface area contributed by atoms with Crippen LogP contribution in [-0.4, -0.2) is 17.3 Å². The third-order valence-corrected chi connectivity index (χ3v) is 1.90. The summed E-state index contributed by atoms with van der Waals surface area (Å²) in [4.78, 5) is 11.7. The molecule has 1 atom stereocenters. The topological polar surface area (TPSA) is 29.1 Å². The Labute approximate surface area is 86.5 Å². The van der Waals surface area contributed by atoms with Crippen LogP contribution in [0.15, 0.2) is 30.3 Å². The van der Waals surface area contributed by atoms with Crippen molar-refractivity contribution in [3.8, 4) is 0 Å². The Hall–Kier alpha value is -0.830. The van der Waals surface area contributed by atoms with Crippen LogP contribution in [0, 0.1) is 0 Å². The Morgan fingerprint density at radius 3 is 2.62 bits per heavy atom. The number of carbonyl (C=O) groups is 1. The fourth-order valence-electron chi connectivity index (χ4n) is 0.925. The molecule has 13 heavy (non-hydrogen) atoms. The molecule has 1 N–H and O–H groups in total. The van der Waals surface area contributed by atoms with Crippen LogP contribution in [0.4, 0.5) is 0 Å². The molecule has 0 heterocycles. The van der Waals surface area contributed by atoms with Gasteiger partial charge >= 0.3 is 0 Å². The quantitative estimate of drug-likeness (QED) is 0.809. The van der Waals surface area contributed by atoms with Gasteiger partial charge in [0.15, 0.2) is 0 Å². The molecule has 1 aromatic rings. The monoisotopic (exact) mass is 241 g/mol. The van der Waals surface area contributed by atoms with Gasteiger partial charge in [0, 0.05) is 16.9 Å². The van der Waals surface area contributed by atoms with Crippen LogP contribution in [0.5, 0.6) is 0 Å². The van der Waals surface area contributed by atoms with E-state index in [-0.39, 0.29) is 5.91 Å². The Bertz CT molecular complexity index is 272. The van der Waals surface area contributed by atoms with E-state index in [1.165, 1.54) is 0 Å². The van der Waals surface area contributed by atoms with Crippen LogP contribution in [0.1, 0.15) is 17.3 Å². The molecular formula is C10H12BrNO. The van der Waals surface area contributed by atoms with Crippen LogP contribution >= 0.6 is 15.9 Å². The van der Waals surface area contributed by atoms with E-state index in [1.807, 2.05) is 25.1 Å². The summed E-state index contributed by atoms with van der Waals surface area (Å²) in [5.74, 6) is -0.0214. The highest BCUT2D eigenvalue weighted by atomic mass is 79.9. The SMILES string of the molecule is CC(Br)CNC(=O)c1ccccc1. The van der Waals surface area contributed by atoms with Crippen molar-refractivity contribution in [3.63, 3.8) is 0 Å². The van der Waals surface area contributed by atoms with Gasteiger partial charge in [0.25, 0.3) is 5.91 Å². The molecule has 0 aromatic heterocycles. The van der Waals surface area contributed by atoms with Crippen molar-refractivity contribution in [2.24, 2.45) is 0 Å². The molecule has 1 rings (SSSR count). The van der Waals surface area contributed by atoms with E-state index in [1.54, 1.807) is 12.1 Å². The van der Waals surface area contributed by atoms with Crippen molar-refractivity contribution < 1.29 is 4.79 Å². The molecule has 0 aliphatic rings. The van der Waals surface area contributed by atoms with Gasteiger partial charge in [-0.2, -0.15) is 0 Å². The van der Waals surface area contributed by atoms with E-state index in [2.05, 4.69) is 21.2 Å². The van der Waals surface area contributed by atoms with Gasteiger partial charge in [-0.1, -0.05) is 41.1 Å². The fourth-order valence-corrected chi connectivity index (χ4v) is 1.09. The molecule has 0 radical (unpaired) electrons. The first-order valence-electron chi connectivity index (χ1n) is 4.17. The summed E-state index contributed by atoms with van der Waals surface area (Å²) < 4.78 is 0. The number of amides is 1. The number of carbonyl (C=O) groups excluding carboxylic acids is 1. The average Bonchev–Trinajstić information content (AvgIpc) is 2.15. The maximum atomic E-state index is 11.4. The molecule has 3 heteroatoms. The Kier molecular flexibility index (Phi) is 3.96. The third kappa shape index (κ3) is 3.59. The lowest BCUT2D eigenvalue weighted by atomic mass is 10.2. The molecule has 1 unspecified atom stereocenters. The van der Waals surface area contributed by atoms with Crippen molar-refractivity contribution in [1.29, 1.82) is 0 Å². The first-order valence-corrected chi connectivity index (χ1v) is 5.09. The lowest BCUT2D eigenvalue weighted by Gasteiger charge is -2.05. The highest BCUT2D eigenvalue weighted by Gasteiger charge is 2.04. The van der Waals surface area contributed by atoms with Gasteiger partial charge in [-0.15, -0.1) is 0 Å². The van der Waals surface area contributed by atoms with Crippen LogP contribution in [0.25, 0.3) is 0 Å². The zero-order chi connectivity index (χ0) is 9.68. The van der Waals surface area contributed by atoms with Gasteiger partial charge in [-0.3, -0.25) is 4.79 Å². The summed E-state index contributed by atoms with van der Waals surface area (Å²) in [6.07, 6.45) is 0.